The normalized spacial score (nSPS) is 10.1. The summed E-state index contributed by atoms with van der Waals surface area (Å²) in [6.45, 7) is 2.30. The number of benzene rings is 1. The SMILES string of the molecule is Cc1ccc(NC(=O)NCc2cccs2)c(OCC(=O)N(C)C)c1. The molecule has 1 aromatic heterocycles. The molecule has 0 radical (unpaired) electrons. The van der Waals surface area contributed by atoms with Gasteiger partial charge in [0.05, 0.1) is 12.2 Å². The van der Waals surface area contributed by atoms with Gasteiger partial charge in [-0.3, -0.25) is 4.79 Å². The lowest BCUT2D eigenvalue weighted by Crippen LogP contribution is -2.29. The molecule has 0 aliphatic heterocycles. The highest BCUT2D eigenvalue weighted by atomic mass is 32.1. The molecule has 0 saturated carbocycles. The largest absolute Gasteiger partial charge is 0.482 e. The molecule has 2 N–H and O–H groups in total. The molecular formula is C17H21N3O3S. The van der Waals surface area contributed by atoms with E-state index in [4.69, 9.17) is 4.74 Å². The minimum atomic E-state index is -0.323. The van der Waals surface area contributed by atoms with Crippen LogP contribution >= 0.6 is 11.3 Å². The number of hydrogen-bond donors (Lipinski definition) is 2. The van der Waals surface area contributed by atoms with Crippen LogP contribution in [0.2, 0.25) is 0 Å². The summed E-state index contributed by atoms with van der Waals surface area (Å²) in [5, 5.41) is 7.51. The fourth-order valence-electron chi connectivity index (χ4n) is 1.87. The van der Waals surface area contributed by atoms with Crippen LogP contribution in [-0.2, 0) is 11.3 Å². The van der Waals surface area contributed by atoms with Gasteiger partial charge in [0, 0.05) is 19.0 Å². The summed E-state index contributed by atoms with van der Waals surface area (Å²) < 4.78 is 5.56. The Labute approximate surface area is 145 Å². The van der Waals surface area contributed by atoms with Gasteiger partial charge in [-0.15, -0.1) is 11.3 Å². The molecule has 0 atom stereocenters. The van der Waals surface area contributed by atoms with Gasteiger partial charge in [0.1, 0.15) is 5.75 Å². The number of rotatable bonds is 6. The standard InChI is InChI=1S/C17H21N3O3S/c1-12-6-7-14(15(9-12)23-11-16(21)20(2)3)19-17(22)18-10-13-5-4-8-24-13/h4-9H,10-11H2,1-3H3,(H2,18,19,22). The van der Waals surface area contributed by atoms with E-state index in [-0.39, 0.29) is 18.5 Å². The van der Waals surface area contributed by atoms with Crippen molar-refractivity contribution in [2.24, 2.45) is 0 Å². The molecule has 0 saturated heterocycles. The van der Waals surface area contributed by atoms with Gasteiger partial charge in [-0.05, 0) is 36.1 Å². The summed E-state index contributed by atoms with van der Waals surface area (Å²) >= 11 is 1.58. The lowest BCUT2D eigenvalue weighted by Gasteiger charge is -2.15. The van der Waals surface area contributed by atoms with Crippen molar-refractivity contribution in [2.75, 3.05) is 26.0 Å². The number of carbonyl (C=O) groups excluding carboxylic acids is 2. The van der Waals surface area contributed by atoms with Crippen LogP contribution in [0.5, 0.6) is 5.75 Å². The highest BCUT2D eigenvalue weighted by Crippen LogP contribution is 2.25. The Morgan fingerprint density at radius 1 is 1.25 bits per heavy atom. The van der Waals surface area contributed by atoms with Crippen molar-refractivity contribution in [1.82, 2.24) is 10.2 Å². The number of amides is 3. The minimum Gasteiger partial charge on any atom is -0.482 e. The molecule has 2 aromatic rings. The fraction of sp³-hybridized carbons (Fsp3) is 0.294. The molecule has 1 heterocycles. The van der Waals surface area contributed by atoms with Gasteiger partial charge in [-0.2, -0.15) is 0 Å². The molecule has 2 rings (SSSR count). The third kappa shape index (κ3) is 5.27. The van der Waals surface area contributed by atoms with Crippen molar-refractivity contribution < 1.29 is 14.3 Å². The van der Waals surface area contributed by atoms with Crippen molar-refractivity contribution >= 4 is 29.0 Å². The van der Waals surface area contributed by atoms with E-state index in [1.165, 1.54) is 4.90 Å². The second-order valence-corrected chi connectivity index (χ2v) is 6.50. The van der Waals surface area contributed by atoms with E-state index in [1.807, 2.05) is 30.5 Å². The van der Waals surface area contributed by atoms with E-state index in [0.29, 0.717) is 18.0 Å². The molecule has 0 unspecified atom stereocenters. The molecule has 7 heteroatoms. The van der Waals surface area contributed by atoms with Gasteiger partial charge in [-0.25, -0.2) is 4.79 Å². The van der Waals surface area contributed by atoms with Crippen molar-refractivity contribution in [3.05, 3.63) is 46.2 Å². The van der Waals surface area contributed by atoms with Crippen LogP contribution in [-0.4, -0.2) is 37.5 Å². The minimum absolute atomic E-state index is 0.0814. The fourth-order valence-corrected chi connectivity index (χ4v) is 2.51. The van der Waals surface area contributed by atoms with Crippen molar-refractivity contribution in [1.29, 1.82) is 0 Å². The van der Waals surface area contributed by atoms with E-state index in [1.54, 1.807) is 37.6 Å². The molecule has 0 spiro atoms. The second-order valence-electron chi connectivity index (χ2n) is 5.46. The number of anilines is 1. The van der Waals surface area contributed by atoms with Crippen LogP contribution in [0.25, 0.3) is 0 Å². The first-order valence-electron chi connectivity index (χ1n) is 7.46. The Kier molecular flexibility index (Phi) is 6.20. The Morgan fingerprint density at radius 3 is 2.71 bits per heavy atom. The lowest BCUT2D eigenvalue weighted by atomic mass is 10.2. The second kappa shape index (κ2) is 8.35. The van der Waals surface area contributed by atoms with Gasteiger partial charge in [0.25, 0.3) is 5.91 Å². The number of nitrogens with one attached hydrogen (secondary N) is 2. The lowest BCUT2D eigenvalue weighted by molar-refractivity contribution is -0.130. The zero-order valence-corrected chi connectivity index (χ0v) is 14.8. The van der Waals surface area contributed by atoms with Crippen LogP contribution < -0.4 is 15.4 Å². The number of carbonyl (C=O) groups is 2. The summed E-state index contributed by atoms with van der Waals surface area (Å²) in [5.74, 6) is 0.320. The number of thiophene rings is 1. The van der Waals surface area contributed by atoms with Crippen molar-refractivity contribution in [3.63, 3.8) is 0 Å². The number of aryl methyl sites for hydroxylation is 1. The zero-order valence-electron chi connectivity index (χ0n) is 14.0. The number of nitrogens with zero attached hydrogens (tertiary/aromatic N) is 1. The molecule has 0 bridgehead atoms. The van der Waals surface area contributed by atoms with Gasteiger partial charge in [0.15, 0.2) is 6.61 Å². The highest BCUT2D eigenvalue weighted by molar-refractivity contribution is 7.09. The predicted octanol–water partition coefficient (Wildman–Crippen LogP) is 2.85. The average Bonchev–Trinajstić information content (AvgIpc) is 3.06. The van der Waals surface area contributed by atoms with Crippen molar-refractivity contribution in [3.8, 4) is 5.75 Å². The maximum atomic E-state index is 12.0. The smallest absolute Gasteiger partial charge is 0.319 e. The highest BCUT2D eigenvalue weighted by Gasteiger charge is 2.11. The molecule has 1 aromatic carbocycles. The third-order valence-electron chi connectivity index (χ3n) is 3.24. The van der Waals surface area contributed by atoms with Crippen LogP contribution in [0.4, 0.5) is 10.5 Å². The third-order valence-corrected chi connectivity index (χ3v) is 4.11. The van der Waals surface area contributed by atoms with Crippen molar-refractivity contribution in [2.45, 2.75) is 13.5 Å². The topological polar surface area (TPSA) is 70.7 Å². The summed E-state index contributed by atoms with van der Waals surface area (Å²) in [7, 11) is 3.33. The Hall–Kier alpha value is -2.54. The van der Waals surface area contributed by atoms with Gasteiger partial charge in [-0.1, -0.05) is 12.1 Å². The van der Waals surface area contributed by atoms with Gasteiger partial charge < -0.3 is 20.3 Å². The Balaban J connectivity index is 1.98. The van der Waals surface area contributed by atoms with E-state index >= 15 is 0 Å². The first kappa shape index (κ1) is 17.8. The zero-order chi connectivity index (χ0) is 17.5. The predicted molar refractivity (Wildman–Crippen MR) is 95.5 cm³/mol. The van der Waals surface area contributed by atoms with E-state index in [2.05, 4.69) is 10.6 Å². The monoisotopic (exact) mass is 347 g/mol. The first-order valence-corrected chi connectivity index (χ1v) is 8.34. The number of likely N-dealkylation sites (N-methyl/N-ethyl adjacent to an activating group) is 1. The Bertz CT molecular complexity index is 699. The quantitative estimate of drug-likeness (QED) is 0.844. The average molecular weight is 347 g/mol. The van der Waals surface area contributed by atoms with Gasteiger partial charge >= 0.3 is 6.03 Å². The molecule has 6 nitrogen and oxygen atoms in total. The summed E-state index contributed by atoms with van der Waals surface area (Å²) in [5.41, 5.74) is 1.50. The molecule has 24 heavy (non-hydrogen) atoms. The molecule has 128 valence electrons. The van der Waals surface area contributed by atoms with E-state index in [0.717, 1.165) is 10.4 Å². The maximum Gasteiger partial charge on any atom is 0.319 e. The maximum absolute atomic E-state index is 12.0. The molecule has 3 amide bonds. The van der Waals surface area contributed by atoms with E-state index in [9.17, 15) is 9.59 Å². The summed E-state index contributed by atoms with van der Waals surface area (Å²) in [6, 6.07) is 8.99. The first-order chi connectivity index (χ1) is 11.5. The van der Waals surface area contributed by atoms with Gasteiger partial charge in [0.2, 0.25) is 0 Å². The van der Waals surface area contributed by atoms with E-state index < -0.39 is 0 Å². The molecule has 0 aliphatic carbocycles. The summed E-state index contributed by atoms with van der Waals surface area (Å²) in [4.78, 5) is 26.2. The Morgan fingerprint density at radius 2 is 2.04 bits per heavy atom. The summed E-state index contributed by atoms with van der Waals surface area (Å²) in [6.07, 6.45) is 0. The number of hydrogen-bond acceptors (Lipinski definition) is 4. The van der Waals surface area contributed by atoms with Crippen LogP contribution in [0.1, 0.15) is 10.4 Å². The van der Waals surface area contributed by atoms with Crippen LogP contribution in [0.15, 0.2) is 35.7 Å². The number of ether oxygens (including phenoxy) is 1. The molecule has 0 aliphatic rings. The number of urea groups is 1. The van der Waals surface area contributed by atoms with Crippen LogP contribution in [0, 0.1) is 6.92 Å². The van der Waals surface area contributed by atoms with Crippen LogP contribution in [0.3, 0.4) is 0 Å². The molecule has 0 fully saturated rings. The molecular weight excluding hydrogens is 326 g/mol.